The zero-order valence-electron chi connectivity index (χ0n) is 11.4. The van der Waals surface area contributed by atoms with Crippen LogP contribution in [0.15, 0.2) is 12.1 Å². The van der Waals surface area contributed by atoms with Gasteiger partial charge < -0.3 is 0 Å². The van der Waals surface area contributed by atoms with E-state index in [2.05, 4.69) is 23.5 Å². The minimum Gasteiger partial charge on any atom is -0.272 e. The topological polar surface area (TPSA) is 55.9 Å². The molecule has 19 heavy (non-hydrogen) atoms. The second kappa shape index (κ2) is 6.05. The minimum atomic E-state index is 0.191. The molecule has 0 bridgehead atoms. The average Bonchev–Trinajstić information content (AvgIpc) is 2.87. The molecule has 0 radical (unpaired) electrons. The highest BCUT2D eigenvalue weighted by Gasteiger charge is 2.16. The summed E-state index contributed by atoms with van der Waals surface area (Å²) in [5.41, 5.74) is 6.44. The van der Waals surface area contributed by atoms with Crippen molar-refractivity contribution in [1.82, 2.24) is 15.2 Å². The number of aryl methyl sites for hydroxylation is 2. The Bertz CT molecular complexity index is 561. The quantitative estimate of drug-likeness (QED) is 0.658. The molecule has 0 fully saturated rings. The van der Waals surface area contributed by atoms with Gasteiger partial charge in [-0.15, -0.1) is 11.3 Å². The van der Waals surface area contributed by atoms with Gasteiger partial charge >= 0.3 is 0 Å². The second-order valence-corrected chi connectivity index (χ2v) is 6.55. The molecule has 2 aromatic rings. The molecule has 2 rings (SSSR count). The van der Waals surface area contributed by atoms with E-state index >= 15 is 0 Å². The predicted molar refractivity (Wildman–Crippen MR) is 80.5 cm³/mol. The third kappa shape index (κ3) is 3.36. The van der Waals surface area contributed by atoms with Crippen molar-refractivity contribution in [3.8, 4) is 0 Å². The number of hydrogen-bond donors (Lipinski definition) is 2. The molecular formula is C13H19ClN4S. The van der Waals surface area contributed by atoms with E-state index in [0.717, 1.165) is 22.9 Å². The largest absolute Gasteiger partial charge is 0.272 e. The van der Waals surface area contributed by atoms with Gasteiger partial charge in [0.05, 0.1) is 10.0 Å². The summed E-state index contributed by atoms with van der Waals surface area (Å²) in [6.45, 7) is 4.13. The summed E-state index contributed by atoms with van der Waals surface area (Å²) in [7, 11) is 1.97. The third-order valence-corrected chi connectivity index (χ3v) is 4.68. The first-order chi connectivity index (χ1) is 9.01. The van der Waals surface area contributed by atoms with Crippen LogP contribution in [-0.4, -0.2) is 15.8 Å². The molecule has 0 aliphatic heterocycles. The number of halogens is 1. The van der Waals surface area contributed by atoms with Gasteiger partial charge in [0, 0.05) is 23.7 Å². The molecule has 0 aliphatic rings. The van der Waals surface area contributed by atoms with Crippen LogP contribution in [0.3, 0.4) is 0 Å². The Labute approximate surface area is 122 Å². The van der Waals surface area contributed by atoms with Crippen molar-refractivity contribution in [2.24, 2.45) is 12.9 Å². The molecule has 3 N–H and O–H groups in total. The van der Waals surface area contributed by atoms with Crippen LogP contribution in [-0.2, 0) is 19.9 Å². The summed E-state index contributed by atoms with van der Waals surface area (Å²) >= 11 is 7.56. The number of nitrogens with two attached hydrogens (primary N) is 1. The molecule has 104 valence electrons. The Morgan fingerprint density at radius 2 is 2.16 bits per heavy atom. The Morgan fingerprint density at radius 3 is 2.63 bits per heavy atom. The zero-order chi connectivity index (χ0) is 14.0. The van der Waals surface area contributed by atoms with Gasteiger partial charge in [-0.3, -0.25) is 16.0 Å². The molecule has 2 aromatic heterocycles. The van der Waals surface area contributed by atoms with E-state index in [0.29, 0.717) is 0 Å². The van der Waals surface area contributed by atoms with E-state index in [4.69, 9.17) is 17.4 Å². The minimum absolute atomic E-state index is 0.191. The van der Waals surface area contributed by atoms with E-state index in [1.54, 1.807) is 11.3 Å². The molecule has 0 amide bonds. The van der Waals surface area contributed by atoms with E-state index < -0.39 is 0 Å². The first-order valence-corrected chi connectivity index (χ1v) is 7.40. The summed E-state index contributed by atoms with van der Waals surface area (Å²) < 4.78 is 2.74. The lowest BCUT2D eigenvalue weighted by atomic mass is 10.0. The zero-order valence-corrected chi connectivity index (χ0v) is 13.0. The van der Waals surface area contributed by atoms with Crippen LogP contribution in [0, 0.1) is 13.8 Å². The highest BCUT2D eigenvalue weighted by Crippen LogP contribution is 2.23. The van der Waals surface area contributed by atoms with E-state index in [9.17, 15) is 0 Å². The SMILES string of the molecule is Cc1nn(C)c(C)c1CC(Cc1ccc(Cl)s1)NN. The van der Waals surface area contributed by atoms with Gasteiger partial charge in [0.2, 0.25) is 0 Å². The van der Waals surface area contributed by atoms with Gasteiger partial charge in [-0.2, -0.15) is 5.10 Å². The van der Waals surface area contributed by atoms with Crippen molar-refractivity contribution in [2.75, 3.05) is 0 Å². The van der Waals surface area contributed by atoms with E-state index in [1.807, 2.05) is 24.7 Å². The number of hydrazine groups is 1. The lowest BCUT2D eigenvalue weighted by molar-refractivity contribution is 0.523. The first-order valence-electron chi connectivity index (χ1n) is 6.20. The van der Waals surface area contributed by atoms with Gasteiger partial charge in [-0.25, -0.2) is 0 Å². The molecule has 0 aliphatic carbocycles. The number of nitrogens with zero attached hydrogens (tertiary/aromatic N) is 2. The maximum atomic E-state index is 5.95. The average molecular weight is 299 g/mol. The Kier molecular flexibility index (Phi) is 4.62. The normalized spacial score (nSPS) is 12.9. The maximum Gasteiger partial charge on any atom is 0.0931 e. The van der Waals surface area contributed by atoms with Crippen molar-refractivity contribution >= 4 is 22.9 Å². The van der Waals surface area contributed by atoms with Crippen LogP contribution in [0.4, 0.5) is 0 Å². The van der Waals surface area contributed by atoms with Crippen LogP contribution in [0.1, 0.15) is 21.8 Å². The van der Waals surface area contributed by atoms with E-state index in [1.165, 1.54) is 16.1 Å². The summed E-state index contributed by atoms with van der Waals surface area (Å²) in [5.74, 6) is 5.68. The Morgan fingerprint density at radius 1 is 1.42 bits per heavy atom. The summed E-state index contributed by atoms with van der Waals surface area (Å²) in [5, 5.41) is 4.44. The third-order valence-electron chi connectivity index (χ3n) is 3.42. The van der Waals surface area contributed by atoms with Gasteiger partial charge in [0.1, 0.15) is 0 Å². The van der Waals surface area contributed by atoms with Crippen molar-refractivity contribution in [3.05, 3.63) is 38.3 Å². The molecule has 6 heteroatoms. The lowest BCUT2D eigenvalue weighted by Gasteiger charge is -2.15. The molecule has 0 saturated heterocycles. The number of nitrogens with one attached hydrogen (secondary N) is 1. The van der Waals surface area contributed by atoms with Crippen LogP contribution in [0.5, 0.6) is 0 Å². The fourth-order valence-corrected chi connectivity index (χ4v) is 3.42. The number of aromatic nitrogens is 2. The van der Waals surface area contributed by atoms with Gasteiger partial charge in [0.25, 0.3) is 0 Å². The number of rotatable bonds is 5. The summed E-state index contributed by atoms with van der Waals surface area (Å²) in [6.07, 6.45) is 1.75. The van der Waals surface area contributed by atoms with Crippen LogP contribution in [0.25, 0.3) is 0 Å². The monoisotopic (exact) mass is 298 g/mol. The van der Waals surface area contributed by atoms with Crippen molar-refractivity contribution < 1.29 is 0 Å². The lowest BCUT2D eigenvalue weighted by Crippen LogP contribution is -2.38. The summed E-state index contributed by atoms with van der Waals surface area (Å²) in [4.78, 5) is 1.24. The Hall–Kier alpha value is -0.880. The second-order valence-electron chi connectivity index (χ2n) is 4.75. The van der Waals surface area contributed by atoms with Gasteiger partial charge in [-0.1, -0.05) is 11.6 Å². The maximum absolute atomic E-state index is 5.95. The van der Waals surface area contributed by atoms with Gasteiger partial charge in [-0.05, 0) is 44.4 Å². The molecule has 0 aromatic carbocycles. The molecule has 0 spiro atoms. The summed E-state index contributed by atoms with van der Waals surface area (Å²) in [6, 6.07) is 4.17. The first kappa shape index (κ1) is 14.5. The van der Waals surface area contributed by atoms with Crippen molar-refractivity contribution in [2.45, 2.75) is 32.7 Å². The highest BCUT2D eigenvalue weighted by molar-refractivity contribution is 7.16. The van der Waals surface area contributed by atoms with Crippen LogP contribution < -0.4 is 11.3 Å². The van der Waals surface area contributed by atoms with Gasteiger partial charge in [0.15, 0.2) is 0 Å². The smallest absolute Gasteiger partial charge is 0.0931 e. The fraction of sp³-hybridized carbons (Fsp3) is 0.462. The molecule has 4 nitrogen and oxygen atoms in total. The Balaban J connectivity index is 2.10. The van der Waals surface area contributed by atoms with Crippen molar-refractivity contribution in [1.29, 1.82) is 0 Å². The standard InChI is InChI=1S/C13H19ClN4S/c1-8-12(9(2)18(3)17-8)7-10(16-15)6-11-4-5-13(14)19-11/h4-5,10,16H,6-7,15H2,1-3H3. The molecule has 1 unspecified atom stereocenters. The van der Waals surface area contributed by atoms with E-state index in [-0.39, 0.29) is 6.04 Å². The van der Waals surface area contributed by atoms with Crippen molar-refractivity contribution in [3.63, 3.8) is 0 Å². The van der Waals surface area contributed by atoms with Crippen LogP contribution in [0.2, 0.25) is 4.34 Å². The molecular weight excluding hydrogens is 280 g/mol. The fourth-order valence-electron chi connectivity index (χ4n) is 2.25. The van der Waals surface area contributed by atoms with Crippen LogP contribution >= 0.6 is 22.9 Å². The molecule has 2 heterocycles. The number of hydrogen-bond acceptors (Lipinski definition) is 4. The molecule has 0 saturated carbocycles. The predicted octanol–water partition coefficient (Wildman–Crippen LogP) is 2.37. The molecule has 1 atom stereocenters. The number of thiophene rings is 1. The highest BCUT2D eigenvalue weighted by atomic mass is 35.5.